The maximum absolute atomic E-state index is 12.2. The van der Waals surface area contributed by atoms with E-state index in [1.54, 1.807) is 12.1 Å². The van der Waals surface area contributed by atoms with Gasteiger partial charge in [0.2, 0.25) is 0 Å². The van der Waals surface area contributed by atoms with E-state index in [-0.39, 0.29) is 5.75 Å². The molecule has 1 aromatic heterocycles. The van der Waals surface area contributed by atoms with Crippen molar-refractivity contribution < 1.29 is 17.9 Å². The Morgan fingerprint density at radius 1 is 1.10 bits per heavy atom. The van der Waals surface area contributed by atoms with Crippen LogP contribution in [0.2, 0.25) is 0 Å². The van der Waals surface area contributed by atoms with E-state index < -0.39 is 6.36 Å². The van der Waals surface area contributed by atoms with Crippen molar-refractivity contribution in [3.63, 3.8) is 0 Å². The van der Waals surface area contributed by atoms with Crippen LogP contribution in [0.5, 0.6) is 5.75 Å². The second kappa shape index (κ2) is 8.96. The van der Waals surface area contributed by atoms with Gasteiger partial charge in [-0.2, -0.15) is 0 Å². The molecule has 0 bridgehead atoms. The van der Waals surface area contributed by atoms with E-state index in [2.05, 4.69) is 24.8 Å². The summed E-state index contributed by atoms with van der Waals surface area (Å²) in [5.74, 6) is 0.540. The van der Waals surface area contributed by atoms with Crippen LogP contribution >= 0.6 is 12.2 Å². The number of aryl methyl sites for hydroxylation is 2. The molecule has 1 N–H and O–H groups in total. The van der Waals surface area contributed by atoms with Crippen LogP contribution < -0.4 is 10.1 Å². The summed E-state index contributed by atoms with van der Waals surface area (Å²) in [6.45, 7) is 7.79. The molecule has 1 saturated heterocycles. The zero-order valence-corrected chi connectivity index (χ0v) is 17.1. The Bertz CT molecular complexity index is 830. The highest BCUT2D eigenvalue weighted by Gasteiger charge is 2.31. The number of benzene rings is 1. The fourth-order valence-corrected chi connectivity index (χ4v) is 3.54. The van der Waals surface area contributed by atoms with E-state index in [1.807, 2.05) is 26.0 Å². The summed E-state index contributed by atoms with van der Waals surface area (Å²) in [5, 5.41) is 3.85. The molecule has 2 aromatic rings. The van der Waals surface area contributed by atoms with Gasteiger partial charge in [-0.1, -0.05) is 12.1 Å². The molecule has 3 rings (SSSR count). The van der Waals surface area contributed by atoms with E-state index >= 15 is 0 Å². The van der Waals surface area contributed by atoms with Crippen LogP contribution in [0.1, 0.15) is 16.8 Å². The van der Waals surface area contributed by atoms with Gasteiger partial charge < -0.3 is 15.0 Å². The standard InChI is InChI=1S/C20H23F3N4OS/c1-14-11-15(2)24-18(12-14)25-19(29)27-9-7-26(8-10-27)13-16-3-5-17(6-4-16)28-20(21,22)23/h3-6,11-12H,7-10,13H2,1-2H3,(H,24,25,29). The molecule has 2 heterocycles. The van der Waals surface area contributed by atoms with E-state index in [0.29, 0.717) is 11.7 Å². The highest BCUT2D eigenvalue weighted by atomic mass is 32.1. The van der Waals surface area contributed by atoms with E-state index in [9.17, 15) is 13.2 Å². The van der Waals surface area contributed by atoms with Crippen molar-refractivity contribution in [2.24, 2.45) is 0 Å². The molecular formula is C20H23F3N4OS. The summed E-state index contributed by atoms with van der Waals surface area (Å²) in [6, 6.07) is 9.97. The van der Waals surface area contributed by atoms with Gasteiger partial charge in [0.05, 0.1) is 0 Å². The minimum atomic E-state index is -4.67. The van der Waals surface area contributed by atoms with Gasteiger partial charge in [-0.3, -0.25) is 4.90 Å². The lowest BCUT2D eigenvalue weighted by Gasteiger charge is -2.36. The van der Waals surface area contributed by atoms with Crippen molar-refractivity contribution in [3.05, 3.63) is 53.2 Å². The average molecular weight is 424 g/mol. The predicted octanol–water partition coefficient (Wildman–Crippen LogP) is 4.11. The zero-order valence-electron chi connectivity index (χ0n) is 16.3. The predicted molar refractivity (Wildman–Crippen MR) is 110 cm³/mol. The van der Waals surface area contributed by atoms with Crippen LogP contribution in [-0.2, 0) is 6.54 Å². The molecule has 0 spiro atoms. The van der Waals surface area contributed by atoms with Crippen LogP contribution in [-0.4, -0.2) is 52.4 Å². The van der Waals surface area contributed by atoms with Crippen molar-refractivity contribution in [1.82, 2.24) is 14.8 Å². The van der Waals surface area contributed by atoms with Crippen molar-refractivity contribution in [3.8, 4) is 5.75 Å². The van der Waals surface area contributed by atoms with Gasteiger partial charge in [-0.05, 0) is 61.5 Å². The van der Waals surface area contributed by atoms with E-state index in [0.717, 1.165) is 48.8 Å². The molecule has 1 fully saturated rings. The molecule has 1 aliphatic heterocycles. The number of alkyl halides is 3. The van der Waals surface area contributed by atoms with E-state index in [4.69, 9.17) is 12.2 Å². The monoisotopic (exact) mass is 424 g/mol. The summed E-state index contributed by atoms with van der Waals surface area (Å²) >= 11 is 5.52. The molecule has 9 heteroatoms. The van der Waals surface area contributed by atoms with Crippen LogP contribution in [0.15, 0.2) is 36.4 Å². The fraction of sp³-hybridized carbons (Fsp3) is 0.400. The largest absolute Gasteiger partial charge is 0.573 e. The molecular weight excluding hydrogens is 401 g/mol. The second-order valence-corrected chi connectivity index (χ2v) is 7.44. The van der Waals surface area contributed by atoms with Crippen LogP contribution in [0.4, 0.5) is 19.0 Å². The minimum Gasteiger partial charge on any atom is -0.406 e. The molecule has 29 heavy (non-hydrogen) atoms. The Balaban J connectivity index is 1.48. The molecule has 1 aromatic carbocycles. The first-order valence-corrected chi connectivity index (χ1v) is 9.67. The Hall–Kier alpha value is -2.39. The molecule has 156 valence electrons. The van der Waals surface area contributed by atoms with Crippen molar-refractivity contribution >= 4 is 23.1 Å². The number of ether oxygens (including phenoxy) is 1. The number of halogens is 3. The van der Waals surface area contributed by atoms with Crippen LogP contribution in [0, 0.1) is 13.8 Å². The lowest BCUT2D eigenvalue weighted by atomic mass is 10.2. The second-order valence-electron chi connectivity index (χ2n) is 7.06. The third kappa shape index (κ3) is 6.57. The third-order valence-corrected chi connectivity index (χ3v) is 4.92. The molecule has 0 aliphatic carbocycles. The first-order valence-electron chi connectivity index (χ1n) is 9.26. The van der Waals surface area contributed by atoms with Crippen molar-refractivity contribution in [2.75, 3.05) is 31.5 Å². The smallest absolute Gasteiger partial charge is 0.406 e. The average Bonchev–Trinajstić information content (AvgIpc) is 2.62. The zero-order chi connectivity index (χ0) is 21.0. The molecule has 1 aliphatic rings. The molecule has 0 atom stereocenters. The summed E-state index contributed by atoms with van der Waals surface area (Å²) < 4.78 is 40.6. The number of hydrogen-bond acceptors (Lipinski definition) is 4. The third-order valence-electron chi connectivity index (χ3n) is 4.56. The number of thiocarbonyl (C=S) groups is 1. The summed E-state index contributed by atoms with van der Waals surface area (Å²) in [7, 11) is 0. The molecule has 0 radical (unpaired) electrons. The SMILES string of the molecule is Cc1cc(C)nc(NC(=S)N2CCN(Cc3ccc(OC(F)(F)F)cc3)CC2)c1. The van der Waals surface area contributed by atoms with Crippen molar-refractivity contribution in [2.45, 2.75) is 26.8 Å². The Morgan fingerprint density at radius 2 is 1.76 bits per heavy atom. The summed E-state index contributed by atoms with van der Waals surface area (Å²) in [4.78, 5) is 8.80. The van der Waals surface area contributed by atoms with Gasteiger partial charge in [-0.25, -0.2) is 4.98 Å². The highest BCUT2D eigenvalue weighted by molar-refractivity contribution is 7.80. The Morgan fingerprint density at radius 3 is 2.34 bits per heavy atom. The summed E-state index contributed by atoms with van der Waals surface area (Å²) in [6.07, 6.45) is -4.67. The van der Waals surface area contributed by atoms with Gasteiger partial charge in [0.1, 0.15) is 11.6 Å². The number of nitrogens with one attached hydrogen (secondary N) is 1. The maximum atomic E-state index is 12.2. The minimum absolute atomic E-state index is 0.206. The number of piperazine rings is 1. The number of nitrogens with zero attached hydrogens (tertiary/aromatic N) is 3. The molecule has 0 saturated carbocycles. The van der Waals surface area contributed by atoms with Crippen LogP contribution in [0.3, 0.4) is 0 Å². The van der Waals surface area contributed by atoms with Crippen molar-refractivity contribution in [1.29, 1.82) is 0 Å². The lowest BCUT2D eigenvalue weighted by molar-refractivity contribution is -0.274. The van der Waals surface area contributed by atoms with Gasteiger partial charge in [0, 0.05) is 38.4 Å². The maximum Gasteiger partial charge on any atom is 0.573 e. The van der Waals surface area contributed by atoms with Gasteiger partial charge in [0.15, 0.2) is 5.11 Å². The first kappa shape index (κ1) is 21.3. The van der Waals surface area contributed by atoms with Gasteiger partial charge in [-0.15, -0.1) is 13.2 Å². The topological polar surface area (TPSA) is 40.6 Å². The van der Waals surface area contributed by atoms with Crippen LogP contribution in [0.25, 0.3) is 0 Å². The number of rotatable bonds is 4. The first-order chi connectivity index (χ1) is 13.7. The quantitative estimate of drug-likeness (QED) is 0.745. The fourth-order valence-electron chi connectivity index (χ4n) is 3.26. The number of hydrogen-bond donors (Lipinski definition) is 1. The van der Waals surface area contributed by atoms with E-state index in [1.165, 1.54) is 12.1 Å². The normalized spacial score (nSPS) is 15.3. The highest BCUT2D eigenvalue weighted by Crippen LogP contribution is 2.23. The number of anilines is 1. The van der Waals surface area contributed by atoms with Gasteiger partial charge >= 0.3 is 6.36 Å². The molecule has 5 nitrogen and oxygen atoms in total. The van der Waals surface area contributed by atoms with Gasteiger partial charge in [0.25, 0.3) is 0 Å². The number of aromatic nitrogens is 1. The lowest BCUT2D eigenvalue weighted by Crippen LogP contribution is -2.49. The number of pyridine rings is 1. The Kier molecular flexibility index (Phi) is 6.59. The Labute approximate surface area is 173 Å². The molecule has 0 unspecified atom stereocenters. The molecule has 0 amide bonds. The summed E-state index contributed by atoms with van der Waals surface area (Å²) in [5.41, 5.74) is 3.00.